The van der Waals surface area contributed by atoms with E-state index in [1.807, 2.05) is 18.2 Å². The summed E-state index contributed by atoms with van der Waals surface area (Å²) in [6.45, 7) is 1.36. The molecule has 0 aliphatic carbocycles. The lowest BCUT2D eigenvalue weighted by Gasteiger charge is -2.29. The van der Waals surface area contributed by atoms with Crippen LogP contribution >= 0.6 is 0 Å². The van der Waals surface area contributed by atoms with Gasteiger partial charge in [0, 0.05) is 13.0 Å². The second-order valence-corrected chi connectivity index (χ2v) is 4.84. The number of carbonyl (C=O) groups is 1. The van der Waals surface area contributed by atoms with Gasteiger partial charge in [0.05, 0.1) is 18.6 Å². The molecule has 2 unspecified atom stereocenters. The van der Waals surface area contributed by atoms with E-state index < -0.39 is 11.9 Å². The van der Waals surface area contributed by atoms with E-state index in [0.29, 0.717) is 19.6 Å². The van der Waals surface area contributed by atoms with Gasteiger partial charge in [0.15, 0.2) is 0 Å². The quantitative estimate of drug-likeness (QED) is 0.871. The number of hydrogen-bond acceptors (Lipinski definition) is 3. The highest BCUT2D eigenvalue weighted by molar-refractivity contribution is 5.71. The molecule has 0 amide bonds. The summed E-state index contributed by atoms with van der Waals surface area (Å²) < 4.78 is 11.1. The Morgan fingerprint density at radius 1 is 1.33 bits per heavy atom. The van der Waals surface area contributed by atoms with Crippen LogP contribution in [0, 0.1) is 5.92 Å². The Hall–Kier alpha value is -1.55. The van der Waals surface area contributed by atoms with Crippen molar-refractivity contribution in [2.45, 2.75) is 25.4 Å². The molecule has 0 saturated carbocycles. The van der Waals surface area contributed by atoms with Crippen LogP contribution in [0.25, 0.3) is 0 Å². The van der Waals surface area contributed by atoms with Crippen molar-refractivity contribution in [3.63, 3.8) is 0 Å². The Kier molecular flexibility index (Phi) is 2.96. The number of hydrogen-bond donors (Lipinski definition) is 1. The summed E-state index contributed by atoms with van der Waals surface area (Å²) in [7, 11) is 0. The molecule has 2 heterocycles. The van der Waals surface area contributed by atoms with Crippen LogP contribution in [0.15, 0.2) is 18.2 Å². The molecule has 2 atom stereocenters. The lowest BCUT2D eigenvalue weighted by Crippen LogP contribution is -2.28. The fourth-order valence-corrected chi connectivity index (χ4v) is 2.75. The normalized spacial score (nSPS) is 26.4. The van der Waals surface area contributed by atoms with Gasteiger partial charge in [0.25, 0.3) is 0 Å². The van der Waals surface area contributed by atoms with Gasteiger partial charge in [-0.1, -0.05) is 6.07 Å². The summed E-state index contributed by atoms with van der Waals surface area (Å²) in [6.07, 6.45) is 2.09. The second-order valence-electron chi connectivity index (χ2n) is 4.84. The molecule has 4 nitrogen and oxygen atoms in total. The van der Waals surface area contributed by atoms with Crippen LogP contribution in [0.2, 0.25) is 0 Å². The minimum Gasteiger partial charge on any atom is -0.493 e. The van der Waals surface area contributed by atoms with Crippen LogP contribution in [0.3, 0.4) is 0 Å². The van der Waals surface area contributed by atoms with E-state index >= 15 is 0 Å². The Bertz CT molecular complexity index is 469. The number of carboxylic acid groups (broad SMARTS) is 1. The zero-order valence-electron chi connectivity index (χ0n) is 10.1. The summed E-state index contributed by atoms with van der Waals surface area (Å²) in [4.78, 5) is 11.3. The molecule has 1 aromatic carbocycles. The van der Waals surface area contributed by atoms with E-state index in [9.17, 15) is 9.90 Å². The van der Waals surface area contributed by atoms with Gasteiger partial charge in [-0.2, -0.15) is 0 Å². The molecule has 1 saturated heterocycles. The Balaban J connectivity index is 1.90. The maximum Gasteiger partial charge on any atom is 0.309 e. The first kappa shape index (κ1) is 11.5. The van der Waals surface area contributed by atoms with Gasteiger partial charge < -0.3 is 14.6 Å². The monoisotopic (exact) mass is 248 g/mol. The minimum atomic E-state index is -0.767. The number of benzene rings is 1. The fraction of sp³-hybridized carbons (Fsp3) is 0.500. The first-order valence-corrected chi connectivity index (χ1v) is 6.36. The van der Waals surface area contributed by atoms with Crippen molar-refractivity contribution in [2.75, 3.05) is 13.2 Å². The van der Waals surface area contributed by atoms with Gasteiger partial charge in [-0.3, -0.25) is 4.79 Å². The molecule has 1 fully saturated rings. The average molecular weight is 248 g/mol. The first-order chi connectivity index (χ1) is 8.75. The average Bonchev–Trinajstić information content (AvgIpc) is 2.85. The van der Waals surface area contributed by atoms with Crippen molar-refractivity contribution >= 4 is 5.97 Å². The zero-order valence-corrected chi connectivity index (χ0v) is 10.1. The van der Waals surface area contributed by atoms with E-state index in [0.717, 1.165) is 29.7 Å². The third-order valence-corrected chi connectivity index (χ3v) is 3.68. The highest BCUT2D eigenvalue weighted by Gasteiger charge is 2.33. The van der Waals surface area contributed by atoms with Gasteiger partial charge >= 0.3 is 5.97 Å². The van der Waals surface area contributed by atoms with Crippen molar-refractivity contribution in [1.29, 1.82) is 0 Å². The summed E-state index contributed by atoms with van der Waals surface area (Å²) in [6, 6.07) is 5.89. The lowest BCUT2D eigenvalue weighted by molar-refractivity contribution is -0.151. The SMILES string of the molecule is O=C(O)C1CCCOC1c1ccc2c(c1)CCO2. The highest BCUT2D eigenvalue weighted by Crippen LogP contribution is 2.36. The Morgan fingerprint density at radius 2 is 2.22 bits per heavy atom. The van der Waals surface area contributed by atoms with Crippen LogP contribution in [0.1, 0.15) is 30.1 Å². The maximum atomic E-state index is 11.3. The molecule has 1 aromatic rings. The molecule has 1 N–H and O–H groups in total. The van der Waals surface area contributed by atoms with Crippen molar-refractivity contribution < 1.29 is 19.4 Å². The number of ether oxygens (including phenoxy) is 2. The molecular weight excluding hydrogens is 232 g/mol. The smallest absolute Gasteiger partial charge is 0.309 e. The van der Waals surface area contributed by atoms with Crippen LogP contribution < -0.4 is 4.74 Å². The summed E-state index contributed by atoms with van der Waals surface area (Å²) in [5.41, 5.74) is 2.12. The van der Waals surface area contributed by atoms with Crippen molar-refractivity contribution in [1.82, 2.24) is 0 Å². The Labute approximate surface area is 106 Å². The van der Waals surface area contributed by atoms with Gasteiger partial charge in [-0.05, 0) is 36.1 Å². The standard InChI is InChI=1S/C14H16O4/c15-14(16)11-2-1-6-18-13(11)10-3-4-12-9(8-10)5-7-17-12/h3-4,8,11,13H,1-2,5-7H2,(H,15,16). The largest absolute Gasteiger partial charge is 0.493 e. The number of rotatable bonds is 2. The number of aliphatic carboxylic acids is 1. The Morgan fingerprint density at radius 3 is 3.06 bits per heavy atom. The second kappa shape index (κ2) is 4.61. The molecule has 96 valence electrons. The van der Waals surface area contributed by atoms with Gasteiger partial charge in [-0.15, -0.1) is 0 Å². The predicted molar refractivity (Wildman–Crippen MR) is 64.7 cm³/mol. The number of carboxylic acids is 1. The molecule has 18 heavy (non-hydrogen) atoms. The molecular formula is C14H16O4. The zero-order chi connectivity index (χ0) is 12.5. The van der Waals surface area contributed by atoms with Crippen LogP contribution in [0.4, 0.5) is 0 Å². The third kappa shape index (κ3) is 1.97. The van der Waals surface area contributed by atoms with Gasteiger partial charge in [0.2, 0.25) is 0 Å². The molecule has 3 rings (SSSR count). The summed E-state index contributed by atoms with van der Waals surface area (Å²) in [5.74, 6) is -0.281. The molecule has 0 aromatic heterocycles. The topological polar surface area (TPSA) is 55.8 Å². The highest BCUT2D eigenvalue weighted by atomic mass is 16.5. The lowest BCUT2D eigenvalue weighted by atomic mass is 9.89. The minimum absolute atomic E-state index is 0.317. The molecule has 0 spiro atoms. The van der Waals surface area contributed by atoms with E-state index in [2.05, 4.69) is 0 Å². The van der Waals surface area contributed by atoms with Crippen LogP contribution in [-0.2, 0) is 16.0 Å². The van der Waals surface area contributed by atoms with Crippen LogP contribution in [0.5, 0.6) is 5.75 Å². The van der Waals surface area contributed by atoms with E-state index in [-0.39, 0.29) is 6.10 Å². The van der Waals surface area contributed by atoms with Crippen molar-refractivity contribution in [3.8, 4) is 5.75 Å². The maximum absolute atomic E-state index is 11.3. The summed E-state index contributed by atoms with van der Waals surface area (Å²) >= 11 is 0. The third-order valence-electron chi connectivity index (χ3n) is 3.68. The first-order valence-electron chi connectivity index (χ1n) is 6.36. The summed E-state index contributed by atoms with van der Waals surface area (Å²) in [5, 5.41) is 9.26. The van der Waals surface area contributed by atoms with Gasteiger partial charge in [-0.25, -0.2) is 0 Å². The van der Waals surface area contributed by atoms with Gasteiger partial charge in [0.1, 0.15) is 5.75 Å². The van der Waals surface area contributed by atoms with E-state index in [1.54, 1.807) is 0 Å². The fourth-order valence-electron chi connectivity index (χ4n) is 2.75. The van der Waals surface area contributed by atoms with Crippen molar-refractivity contribution in [3.05, 3.63) is 29.3 Å². The van der Waals surface area contributed by atoms with E-state index in [4.69, 9.17) is 9.47 Å². The molecule has 2 aliphatic heterocycles. The van der Waals surface area contributed by atoms with Crippen molar-refractivity contribution in [2.24, 2.45) is 5.92 Å². The predicted octanol–water partition coefficient (Wildman–Crippen LogP) is 2.17. The van der Waals surface area contributed by atoms with E-state index in [1.165, 1.54) is 0 Å². The molecule has 0 bridgehead atoms. The number of fused-ring (bicyclic) bond motifs is 1. The van der Waals surface area contributed by atoms with Crippen LogP contribution in [-0.4, -0.2) is 24.3 Å². The molecule has 4 heteroatoms. The molecule has 0 radical (unpaired) electrons. The molecule has 2 aliphatic rings.